The van der Waals surface area contributed by atoms with Gasteiger partial charge in [-0.2, -0.15) is 0 Å². The minimum Gasteiger partial charge on any atom is -0.480 e. The minimum atomic E-state index is -0.609. The Morgan fingerprint density at radius 2 is 2.00 bits per heavy atom. The molecule has 2 fully saturated rings. The smallest absolute Gasteiger partial charge is 0.321 e. The molecule has 0 radical (unpaired) electrons. The second kappa shape index (κ2) is 4.36. The summed E-state index contributed by atoms with van der Waals surface area (Å²) in [4.78, 5) is 13.7. The van der Waals surface area contributed by atoms with E-state index in [-0.39, 0.29) is 6.04 Å². The molecule has 0 aromatic heterocycles. The van der Waals surface area contributed by atoms with Gasteiger partial charge in [0.1, 0.15) is 6.04 Å². The first-order chi connectivity index (χ1) is 7.52. The van der Waals surface area contributed by atoms with Crippen molar-refractivity contribution in [3.8, 4) is 0 Å². The number of hydrogen-bond acceptors (Lipinski definition) is 2. The Hall–Kier alpha value is -0.570. The summed E-state index contributed by atoms with van der Waals surface area (Å²) in [6, 6.07) is 0.164. The molecule has 4 unspecified atom stereocenters. The molecule has 92 valence electrons. The predicted molar refractivity (Wildman–Crippen MR) is 63.3 cm³/mol. The van der Waals surface area contributed by atoms with E-state index in [4.69, 9.17) is 0 Å². The maximum atomic E-state index is 11.4. The Morgan fingerprint density at radius 1 is 1.31 bits per heavy atom. The molecule has 2 aliphatic rings. The van der Waals surface area contributed by atoms with E-state index in [9.17, 15) is 9.90 Å². The summed E-state index contributed by atoms with van der Waals surface area (Å²) < 4.78 is 0. The number of rotatable bonds is 3. The first-order valence-electron chi connectivity index (χ1n) is 6.51. The van der Waals surface area contributed by atoms with Crippen molar-refractivity contribution in [3.05, 3.63) is 0 Å². The SMILES string of the molecule is CC(C)C(C)N1CC2CCCC2C1C(=O)O. The monoisotopic (exact) mass is 225 g/mol. The van der Waals surface area contributed by atoms with Crippen LogP contribution in [0.1, 0.15) is 40.0 Å². The number of carboxylic acid groups (broad SMARTS) is 1. The van der Waals surface area contributed by atoms with E-state index < -0.39 is 5.97 Å². The molecule has 1 N–H and O–H groups in total. The number of carboxylic acids is 1. The summed E-state index contributed by atoms with van der Waals surface area (Å²) in [5, 5.41) is 9.42. The van der Waals surface area contributed by atoms with Gasteiger partial charge < -0.3 is 5.11 Å². The molecule has 3 heteroatoms. The summed E-state index contributed by atoms with van der Waals surface area (Å²) in [6.07, 6.45) is 3.57. The van der Waals surface area contributed by atoms with E-state index in [0.717, 1.165) is 13.0 Å². The molecule has 16 heavy (non-hydrogen) atoms. The molecule has 2 rings (SSSR count). The molecule has 1 aliphatic heterocycles. The van der Waals surface area contributed by atoms with E-state index in [1.807, 2.05) is 0 Å². The fourth-order valence-electron chi connectivity index (χ4n) is 3.47. The second-order valence-corrected chi connectivity index (χ2v) is 5.82. The summed E-state index contributed by atoms with van der Waals surface area (Å²) in [7, 11) is 0. The summed E-state index contributed by atoms with van der Waals surface area (Å²) >= 11 is 0. The van der Waals surface area contributed by atoms with Gasteiger partial charge in [0.15, 0.2) is 0 Å². The van der Waals surface area contributed by atoms with Crippen molar-refractivity contribution in [2.45, 2.75) is 52.1 Å². The van der Waals surface area contributed by atoms with E-state index in [0.29, 0.717) is 23.8 Å². The van der Waals surface area contributed by atoms with Crippen molar-refractivity contribution < 1.29 is 9.90 Å². The maximum Gasteiger partial charge on any atom is 0.321 e. The molecule has 4 atom stereocenters. The first kappa shape index (κ1) is 11.9. The predicted octanol–water partition coefficient (Wildman–Crippen LogP) is 2.22. The first-order valence-corrected chi connectivity index (χ1v) is 6.51. The van der Waals surface area contributed by atoms with Crippen molar-refractivity contribution >= 4 is 5.97 Å². The largest absolute Gasteiger partial charge is 0.480 e. The highest BCUT2D eigenvalue weighted by Gasteiger charge is 2.49. The standard InChI is InChI=1S/C13H23NO2/c1-8(2)9(3)14-7-10-5-4-6-11(10)12(14)13(15)16/h8-12H,4-7H2,1-3H3,(H,15,16). The van der Waals surface area contributed by atoms with Gasteiger partial charge >= 0.3 is 5.97 Å². The molecule has 1 heterocycles. The van der Waals surface area contributed by atoms with Crippen LogP contribution in [0.15, 0.2) is 0 Å². The highest BCUT2D eigenvalue weighted by Crippen LogP contribution is 2.43. The molecular weight excluding hydrogens is 202 g/mol. The number of aliphatic carboxylic acids is 1. The lowest BCUT2D eigenvalue weighted by molar-refractivity contribution is -0.144. The van der Waals surface area contributed by atoms with E-state index >= 15 is 0 Å². The van der Waals surface area contributed by atoms with Gasteiger partial charge in [-0.3, -0.25) is 9.69 Å². The molecule has 3 nitrogen and oxygen atoms in total. The van der Waals surface area contributed by atoms with E-state index in [1.54, 1.807) is 0 Å². The van der Waals surface area contributed by atoms with Crippen LogP contribution in [0.4, 0.5) is 0 Å². The molecule has 1 saturated carbocycles. The fourth-order valence-corrected chi connectivity index (χ4v) is 3.47. The van der Waals surface area contributed by atoms with Gasteiger partial charge in [-0.05, 0) is 37.5 Å². The quantitative estimate of drug-likeness (QED) is 0.800. The van der Waals surface area contributed by atoms with Crippen molar-refractivity contribution in [1.82, 2.24) is 4.90 Å². The zero-order valence-electron chi connectivity index (χ0n) is 10.5. The molecular formula is C13H23NO2. The van der Waals surface area contributed by atoms with E-state index in [2.05, 4.69) is 25.7 Å². The van der Waals surface area contributed by atoms with Crippen LogP contribution in [-0.2, 0) is 4.79 Å². The summed E-state index contributed by atoms with van der Waals surface area (Å²) in [5.74, 6) is 0.976. The molecule has 1 saturated heterocycles. The van der Waals surface area contributed by atoms with Crippen LogP contribution < -0.4 is 0 Å². The number of likely N-dealkylation sites (tertiary alicyclic amines) is 1. The summed E-state index contributed by atoms with van der Waals surface area (Å²) in [5.41, 5.74) is 0. The van der Waals surface area contributed by atoms with Crippen LogP contribution in [-0.4, -0.2) is 34.6 Å². The topological polar surface area (TPSA) is 40.5 Å². The Kier molecular flexibility index (Phi) is 3.24. The van der Waals surface area contributed by atoms with Crippen LogP contribution in [0.5, 0.6) is 0 Å². The van der Waals surface area contributed by atoms with Crippen molar-refractivity contribution in [2.24, 2.45) is 17.8 Å². The van der Waals surface area contributed by atoms with Crippen molar-refractivity contribution in [3.63, 3.8) is 0 Å². The molecule has 0 aromatic carbocycles. The van der Waals surface area contributed by atoms with E-state index in [1.165, 1.54) is 12.8 Å². The average Bonchev–Trinajstić information content (AvgIpc) is 2.73. The van der Waals surface area contributed by atoms with Gasteiger partial charge in [-0.25, -0.2) is 0 Å². The van der Waals surface area contributed by atoms with Crippen LogP contribution in [0.25, 0.3) is 0 Å². The normalized spacial score (nSPS) is 36.6. The van der Waals surface area contributed by atoms with Crippen molar-refractivity contribution in [2.75, 3.05) is 6.54 Å². The molecule has 0 spiro atoms. The zero-order chi connectivity index (χ0) is 11.9. The second-order valence-electron chi connectivity index (χ2n) is 5.82. The van der Waals surface area contributed by atoms with Gasteiger partial charge in [0.25, 0.3) is 0 Å². The maximum absolute atomic E-state index is 11.4. The number of fused-ring (bicyclic) bond motifs is 1. The lowest BCUT2D eigenvalue weighted by Crippen LogP contribution is -2.46. The molecule has 1 aliphatic carbocycles. The van der Waals surface area contributed by atoms with Gasteiger partial charge in [0.2, 0.25) is 0 Å². The van der Waals surface area contributed by atoms with Crippen LogP contribution >= 0.6 is 0 Å². The minimum absolute atomic E-state index is 0.218. The lowest BCUT2D eigenvalue weighted by Gasteiger charge is -2.32. The Bertz CT molecular complexity index is 277. The van der Waals surface area contributed by atoms with Gasteiger partial charge in [0, 0.05) is 12.6 Å². The average molecular weight is 225 g/mol. The number of hydrogen-bond donors (Lipinski definition) is 1. The zero-order valence-corrected chi connectivity index (χ0v) is 10.5. The molecule has 0 aromatic rings. The van der Waals surface area contributed by atoms with Crippen LogP contribution in [0.3, 0.4) is 0 Å². The van der Waals surface area contributed by atoms with Gasteiger partial charge in [-0.1, -0.05) is 20.3 Å². The molecule has 0 bridgehead atoms. The Balaban J connectivity index is 2.16. The molecule has 0 amide bonds. The van der Waals surface area contributed by atoms with Crippen LogP contribution in [0.2, 0.25) is 0 Å². The fraction of sp³-hybridized carbons (Fsp3) is 0.923. The third-order valence-corrected chi connectivity index (χ3v) is 4.67. The third-order valence-electron chi connectivity index (χ3n) is 4.67. The lowest BCUT2D eigenvalue weighted by atomic mass is 9.93. The van der Waals surface area contributed by atoms with Crippen molar-refractivity contribution in [1.29, 1.82) is 0 Å². The number of carbonyl (C=O) groups is 1. The van der Waals surface area contributed by atoms with Gasteiger partial charge in [0.05, 0.1) is 0 Å². The summed E-state index contributed by atoms with van der Waals surface area (Å²) in [6.45, 7) is 7.53. The Morgan fingerprint density at radius 3 is 2.56 bits per heavy atom. The Labute approximate surface area is 97.8 Å². The van der Waals surface area contributed by atoms with Crippen LogP contribution in [0, 0.1) is 17.8 Å². The number of nitrogens with zero attached hydrogens (tertiary/aromatic N) is 1. The highest BCUT2D eigenvalue weighted by molar-refractivity contribution is 5.74. The van der Waals surface area contributed by atoms with Gasteiger partial charge in [-0.15, -0.1) is 0 Å². The highest BCUT2D eigenvalue weighted by atomic mass is 16.4. The third kappa shape index (κ3) is 1.86.